The van der Waals surface area contributed by atoms with Gasteiger partial charge >= 0.3 is 5.97 Å². The minimum atomic E-state index is -0.430. The highest BCUT2D eigenvalue weighted by molar-refractivity contribution is 5.85. The summed E-state index contributed by atoms with van der Waals surface area (Å²) in [6.07, 6.45) is 4.12. The molecule has 0 unspecified atom stereocenters. The molecule has 7 nitrogen and oxygen atoms in total. The van der Waals surface area contributed by atoms with Crippen molar-refractivity contribution in [3.05, 3.63) is 30.6 Å². The smallest absolute Gasteiger partial charge is 0.332 e. The van der Waals surface area contributed by atoms with Crippen LogP contribution in [0.2, 0.25) is 0 Å². The van der Waals surface area contributed by atoms with Crippen LogP contribution in [0.15, 0.2) is 30.6 Å². The van der Waals surface area contributed by atoms with Crippen LogP contribution < -0.4 is 9.47 Å². The second kappa shape index (κ2) is 7.44. The van der Waals surface area contributed by atoms with Crippen LogP contribution in [-0.2, 0) is 9.53 Å². The topological polar surface area (TPSA) is 75.5 Å². The Morgan fingerprint density at radius 2 is 1.83 bits per heavy atom. The number of esters is 1. The molecular formula is C16H19N3O4. The van der Waals surface area contributed by atoms with Crippen LogP contribution in [0.4, 0.5) is 0 Å². The Morgan fingerprint density at radius 3 is 2.39 bits per heavy atom. The van der Waals surface area contributed by atoms with E-state index >= 15 is 0 Å². The molecule has 0 spiro atoms. The zero-order chi connectivity index (χ0) is 16.8. The van der Waals surface area contributed by atoms with E-state index < -0.39 is 5.97 Å². The number of rotatable bonds is 6. The number of aromatic nitrogens is 3. The van der Waals surface area contributed by atoms with E-state index in [1.807, 2.05) is 0 Å². The molecule has 122 valence electrons. The molecule has 0 aliphatic heterocycles. The summed E-state index contributed by atoms with van der Waals surface area (Å²) in [7, 11) is 3.15. The van der Waals surface area contributed by atoms with Crippen molar-refractivity contribution in [3.63, 3.8) is 0 Å². The molecule has 23 heavy (non-hydrogen) atoms. The molecule has 1 aromatic carbocycles. The number of methoxy groups -OCH3 is 2. The second-order valence-electron chi connectivity index (χ2n) is 4.95. The summed E-state index contributed by atoms with van der Waals surface area (Å²) < 4.78 is 16.9. The van der Waals surface area contributed by atoms with Crippen molar-refractivity contribution in [1.29, 1.82) is 0 Å². The largest absolute Gasteiger partial charge is 0.497 e. The first-order chi connectivity index (χ1) is 11.0. The molecule has 0 saturated heterocycles. The number of nitrogens with zero attached hydrogens (tertiary/aromatic N) is 3. The van der Waals surface area contributed by atoms with Crippen molar-refractivity contribution in [1.82, 2.24) is 14.8 Å². The molecule has 0 N–H and O–H groups in total. The highest BCUT2D eigenvalue weighted by Gasteiger charge is 2.08. The van der Waals surface area contributed by atoms with E-state index in [0.717, 1.165) is 5.56 Å². The molecule has 1 heterocycles. The van der Waals surface area contributed by atoms with E-state index in [9.17, 15) is 4.79 Å². The average molecular weight is 317 g/mol. The fourth-order valence-electron chi connectivity index (χ4n) is 1.82. The molecule has 1 aromatic heterocycles. The van der Waals surface area contributed by atoms with E-state index in [1.165, 1.54) is 23.3 Å². The second-order valence-corrected chi connectivity index (χ2v) is 4.95. The van der Waals surface area contributed by atoms with Crippen LogP contribution >= 0.6 is 0 Å². The lowest BCUT2D eigenvalue weighted by molar-refractivity contribution is -0.141. The van der Waals surface area contributed by atoms with Crippen molar-refractivity contribution in [2.45, 2.75) is 20.0 Å². The fraction of sp³-hybridized carbons (Fsp3) is 0.312. The highest BCUT2D eigenvalue weighted by atomic mass is 16.5. The minimum absolute atomic E-state index is 0.164. The summed E-state index contributed by atoms with van der Waals surface area (Å²) >= 11 is 0. The van der Waals surface area contributed by atoms with Gasteiger partial charge in [-0.3, -0.25) is 0 Å². The number of carbonyl (C=O) groups excluding carboxylic acids is 1. The van der Waals surface area contributed by atoms with Crippen LogP contribution in [0.25, 0.3) is 17.6 Å². The van der Waals surface area contributed by atoms with E-state index in [2.05, 4.69) is 10.1 Å². The third-order valence-electron chi connectivity index (χ3n) is 2.83. The Balaban J connectivity index is 2.19. The maximum Gasteiger partial charge on any atom is 0.332 e. The molecule has 0 atom stereocenters. The van der Waals surface area contributed by atoms with Crippen molar-refractivity contribution in [2.24, 2.45) is 0 Å². The molecule has 0 aliphatic carbocycles. The van der Waals surface area contributed by atoms with Gasteiger partial charge in [-0.25, -0.2) is 14.5 Å². The highest BCUT2D eigenvalue weighted by Crippen LogP contribution is 2.27. The lowest BCUT2D eigenvalue weighted by Crippen LogP contribution is -2.08. The number of hydrogen-bond donors (Lipinski definition) is 0. The van der Waals surface area contributed by atoms with Crippen molar-refractivity contribution < 1.29 is 19.0 Å². The summed E-state index contributed by atoms with van der Waals surface area (Å²) in [6.45, 7) is 3.57. The summed E-state index contributed by atoms with van der Waals surface area (Å²) in [5, 5.41) is 4.28. The van der Waals surface area contributed by atoms with Gasteiger partial charge in [0, 0.05) is 23.9 Å². The van der Waals surface area contributed by atoms with Gasteiger partial charge in [-0.05, 0) is 26.0 Å². The average Bonchev–Trinajstić information content (AvgIpc) is 3.00. The van der Waals surface area contributed by atoms with Crippen LogP contribution in [0.3, 0.4) is 0 Å². The van der Waals surface area contributed by atoms with E-state index in [0.29, 0.717) is 17.3 Å². The molecule has 0 bridgehead atoms. The molecule has 0 fully saturated rings. The molecule has 7 heteroatoms. The van der Waals surface area contributed by atoms with Crippen LogP contribution in [0.1, 0.15) is 13.8 Å². The van der Waals surface area contributed by atoms with Crippen molar-refractivity contribution in [3.8, 4) is 22.9 Å². The summed E-state index contributed by atoms with van der Waals surface area (Å²) in [5.74, 6) is 1.35. The van der Waals surface area contributed by atoms with Crippen molar-refractivity contribution in [2.75, 3.05) is 14.2 Å². The zero-order valence-corrected chi connectivity index (χ0v) is 13.5. The molecule has 0 amide bonds. The zero-order valence-electron chi connectivity index (χ0n) is 13.5. The Morgan fingerprint density at radius 1 is 1.17 bits per heavy atom. The van der Waals surface area contributed by atoms with Gasteiger partial charge in [0.2, 0.25) is 0 Å². The molecule has 0 saturated carbocycles. The monoisotopic (exact) mass is 317 g/mol. The van der Waals surface area contributed by atoms with E-state index in [-0.39, 0.29) is 6.10 Å². The van der Waals surface area contributed by atoms with Gasteiger partial charge in [-0.2, -0.15) is 0 Å². The molecule has 0 aliphatic rings. The summed E-state index contributed by atoms with van der Waals surface area (Å²) in [4.78, 5) is 15.7. The quantitative estimate of drug-likeness (QED) is 0.601. The van der Waals surface area contributed by atoms with Gasteiger partial charge in [0.05, 0.1) is 20.3 Å². The molecule has 0 radical (unpaired) electrons. The maximum absolute atomic E-state index is 11.5. The van der Waals surface area contributed by atoms with Crippen LogP contribution in [-0.4, -0.2) is 41.1 Å². The predicted molar refractivity (Wildman–Crippen MR) is 85.1 cm³/mol. The first-order valence-electron chi connectivity index (χ1n) is 7.05. The van der Waals surface area contributed by atoms with Gasteiger partial charge < -0.3 is 14.2 Å². The van der Waals surface area contributed by atoms with Gasteiger partial charge in [0.25, 0.3) is 0 Å². The van der Waals surface area contributed by atoms with Crippen molar-refractivity contribution >= 4 is 12.2 Å². The fourth-order valence-corrected chi connectivity index (χ4v) is 1.82. The number of benzene rings is 1. The standard InChI is InChI=1S/C16H19N3O4/c1-11(2)23-15(20)5-6-19-10-17-16(18-19)12-7-13(21-3)9-14(8-12)22-4/h5-11H,1-4H3. The van der Waals surface area contributed by atoms with Gasteiger partial charge in [-0.15, -0.1) is 5.10 Å². The van der Waals surface area contributed by atoms with Gasteiger partial charge in [0.15, 0.2) is 5.82 Å². The first kappa shape index (κ1) is 16.5. The number of ether oxygens (including phenoxy) is 3. The molecule has 2 rings (SSSR count). The number of hydrogen-bond acceptors (Lipinski definition) is 6. The lowest BCUT2D eigenvalue weighted by atomic mass is 10.2. The first-order valence-corrected chi connectivity index (χ1v) is 7.05. The van der Waals surface area contributed by atoms with Gasteiger partial charge in [-0.1, -0.05) is 0 Å². The Labute approximate surface area is 134 Å². The normalized spacial score (nSPS) is 11.0. The Hall–Kier alpha value is -2.83. The summed E-state index contributed by atoms with van der Waals surface area (Å²) in [5.41, 5.74) is 0.748. The predicted octanol–water partition coefficient (Wildman–Crippen LogP) is 2.38. The van der Waals surface area contributed by atoms with Gasteiger partial charge in [0.1, 0.15) is 17.8 Å². The SMILES string of the molecule is COc1cc(OC)cc(-c2ncn(C=CC(=O)OC(C)C)n2)c1. The number of carbonyl (C=O) groups is 1. The third kappa shape index (κ3) is 4.57. The lowest BCUT2D eigenvalue weighted by Gasteiger charge is -2.06. The maximum atomic E-state index is 11.5. The minimum Gasteiger partial charge on any atom is -0.497 e. The Bertz CT molecular complexity index is 685. The van der Waals surface area contributed by atoms with E-state index in [1.54, 1.807) is 46.3 Å². The van der Waals surface area contributed by atoms with Crippen LogP contribution in [0.5, 0.6) is 11.5 Å². The van der Waals surface area contributed by atoms with E-state index in [4.69, 9.17) is 14.2 Å². The molecule has 2 aromatic rings. The Kier molecular flexibility index (Phi) is 5.35. The third-order valence-corrected chi connectivity index (χ3v) is 2.83. The summed E-state index contributed by atoms with van der Waals surface area (Å²) in [6, 6.07) is 5.38. The van der Waals surface area contributed by atoms with Crippen LogP contribution in [0, 0.1) is 0 Å². The molecular weight excluding hydrogens is 298 g/mol.